The Morgan fingerprint density at radius 2 is 1.95 bits per heavy atom. The van der Waals surface area contributed by atoms with Gasteiger partial charge in [0.05, 0.1) is 12.2 Å². The molecule has 6 heteroatoms. The first-order valence-electron chi connectivity index (χ1n) is 7.04. The molecular weight excluding hydrogens is 316 g/mol. The number of aromatic nitrogens is 1. The Morgan fingerprint density at radius 3 is 2.68 bits per heavy atom. The second-order valence-electron chi connectivity index (χ2n) is 4.94. The van der Waals surface area contributed by atoms with E-state index in [2.05, 4.69) is 4.90 Å². The molecule has 3 rings (SSSR count). The van der Waals surface area contributed by atoms with Gasteiger partial charge < -0.3 is 9.74 Å². The van der Waals surface area contributed by atoms with Crippen molar-refractivity contribution in [1.82, 2.24) is 9.63 Å². The molecule has 0 bridgehead atoms. The average Bonchev–Trinajstić information content (AvgIpc) is 2.93. The summed E-state index contributed by atoms with van der Waals surface area (Å²) in [6, 6.07) is 15.0. The number of rotatable bonds is 5. The topological polar surface area (TPSA) is 34.5 Å². The summed E-state index contributed by atoms with van der Waals surface area (Å²) in [5.74, 6) is 1.00. The van der Waals surface area contributed by atoms with Crippen molar-refractivity contribution < 1.29 is 4.84 Å². The van der Waals surface area contributed by atoms with Crippen molar-refractivity contribution in [3.05, 3.63) is 70.1 Å². The Hall–Kier alpha value is -1.79. The Balaban J connectivity index is 1.77. The molecule has 0 spiro atoms. The zero-order valence-electron chi connectivity index (χ0n) is 12.0. The van der Waals surface area contributed by atoms with Crippen LogP contribution in [0.4, 0.5) is 0 Å². The summed E-state index contributed by atoms with van der Waals surface area (Å²) >= 11 is 6.99. The summed E-state index contributed by atoms with van der Waals surface area (Å²) in [6.45, 7) is 1.86. The number of thioether (sulfide) groups is 1. The predicted molar refractivity (Wildman–Crippen MR) is 92.9 cm³/mol. The summed E-state index contributed by atoms with van der Waals surface area (Å²) in [6.07, 6.45) is 0. The maximum atomic E-state index is 12.1. The van der Waals surface area contributed by atoms with Gasteiger partial charge in [0.2, 0.25) is 0 Å². The predicted octanol–water partition coefficient (Wildman–Crippen LogP) is 2.31. The van der Waals surface area contributed by atoms with Gasteiger partial charge in [-0.2, -0.15) is 0 Å². The van der Waals surface area contributed by atoms with Gasteiger partial charge in [0, 0.05) is 18.4 Å². The number of hydrogen-bond acceptors (Lipinski definition) is 4. The van der Waals surface area contributed by atoms with E-state index in [4.69, 9.17) is 17.1 Å². The van der Waals surface area contributed by atoms with Crippen LogP contribution in [0.5, 0.6) is 0 Å². The van der Waals surface area contributed by atoms with E-state index in [1.807, 2.05) is 36.4 Å². The third kappa shape index (κ3) is 3.51. The minimum absolute atomic E-state index is 0.161. The summed E-state index contributed by atoms with van der Waals surface area (Å²) in [4.78, 5) is 19.9. The van der Waals surface area contributed by atoms with Gasteiger partial charge in [-0.1, -0.05) is 60.4 Å². The molecule has 1 aromatic heterocycles. The largest absolute Gasteiger partial charge is 0.406 e. The molecular formula is C16H16N2O2S2. The lowest BCUT2D eigenvalue weighted by Crippen LogP contribution is -2.32. The zero-order valence-corrected chi connectivity index (χ0v) is 13.6. The van der Waals surface area contributed by atoms with Crippen LogP contribution in [0.1, 0.15) is 11.3 Å². The van der Waals surface area contributed by atoms with E-state index in [9.17, 15) is 4.79 Å². The summed E-state index contributed by atoms with van der Waals surface area (Å²) in [5.41, 5.74) is 1.68. The van der Waals surface area contributed by atoms with Gasteiger partial charge in [-0.15, -0.1) is 4.73 Å². The van der Waals surface area contributed by atoms with Crippen LogP contribution in [0, 0.1) is 0 Å². The normalized spacial score (nSPS) is 14.4. The van der Waals surface area contributed by atoms with Gasteiger partial charge in [0.1, 0.15) is 10.9 Å². The molecule has 2 aromatic rings. The molecule has 0 amide bonds. The summed E-state index contributed by atoms with van der Waals surface area (Å²) in [5, 5.41) is 0. The first-order chi connectivity index (χ1) is 10.7. The van der Waals surface area contributed by atoms with Gasteiger partial charge >= 0.3 is 0 Å². The van der Waals surface area contributed by atoms with Crippen LogP contribution in [0.15, 0.2) is 53.3 Å². The molecule has 1 aromatic carbocycles. The fourth-order valence-electron chi connectivity index (χ4n) is 2.26. The number of benzene rings is 1. The van der Waals surface area contributed by atoms with Gasteiger partial charge in [-0.05, 0) is 11.6 Å². The van der Waals surface area contributed by atoms with Crippen molar-refractivity contribution in [2.75, 3.05) is 12.3 Å². The quantitative estimate of drug-likeness (QED) is 0.785. The Bertz CT molecular complexity index is 716. The van der Waals surface area contributed by atoms with Crippen molar-refractivity contribution in [2.45, 2.75) is 13.2 Å². The molecule has 22 heavy (non-hydrogen) atoms. The fraction of sp³-hybridized carbons (Fsp3) is 0.250. The highest BCUT2D eigenvalue weighted by Gasteiger charge is 2.19. The third-order valence-electron chi connectivity index (χ3n) is 3.39. The SMILES string of the molecule is O=c1cccc(CN2CCSC2=S)n1OCc1ccccc1. The summed E-state index contributed by atoms with van der Waals surface area (Å²) < 4.78 is 2.25. The third-order valence-corrected chi connectivity index (χ3v) is 4.89. The molecule has 4 nitrogen and oxygen atoms in total. The maximum absolute atomic E-state index is 12.1. The average molecular weight is 332 g/mol. The van der Waals surface area contributed by atoms with E-state index < -0.39 is 0 Å². The standard InChI is InChI=1S/C16H16N2O2S2/c19-15-8-4-7-14(11-17-9-10-22-16(17)21)18(15)20-12-13-5-2-1-3-6-13/h1-8H,9-12H2. The maximum Gasteiger partial charge on any atom is 0.283 e. The molecule has 0 atom stereocenters. The highest BCUT2D eigenvalue weighted by Crippen LogP contribution is 2.19. The fourth-order valence-corrected chi connectivity index (χ4v) is 3.49. The molecule has 1 aliphatic heterocycles. The Morgan fingerprint density at radius 1 is 1.14 bits per heavy atom. The van der Waals surface area contributed by atoms with Crippen molar-refractivity contribution in [3.8, 4) is 0 Å². The van der Waals surface area contributed by atoms with Crippen LogP contribution in [-0.2, 0) is 13.2 Å². The number of hydrogen-bond donors (Lipinski definition) is 0. The van der Waals surface area contributed by atoms with Crippen LogP contribution in [-0.4, -0.2) is 26.2 Å². The van der Waals surface area contributed by atoms with Gasteiger partial charge in [0.15, 0.2) is 0 Å². The molecule has 0 radical (unpaired) electrons. The van der Waals surface area contributed by atoms with E-state index in [1.165, 1.54) is 10.8 Å². The molecule has 0 unspecified atom stereocenters. The van der Waals surface area contributed by atoms with Crippen LogP contribution >= 0.6 is 24.0 Å². The molecule has 1 aliphatic rings. The molecule has 1 fully saturated rings. The Kier molecular flexibility index (Phi) is 4.80. The van der Waals surface area contributed by atoms with Gasteiger partial charge in [-0.3, -0.25) is 4.79 Å². The van der Waals surface area contributed by atoms with E-state index in [-0.39, 0.29) is 5.56 Å². The number of nitrogens with zero attached hydrogens (tertiary/aromatic N) is 2. The minimum Gasteiger partial charge on any atom is -0.406 e. The molecule has 2 heterocycles. The lowest BCUT2D eigenvalue weighted by molar-refractivity contribution is 0.0796. The first-order valence-corrected chi connectivity index (χ1v) is 8.43. The van der Waals surface area contributed by atoms with E-state index in [0.717, 1.165) is 27.9 Å². The smallest absolute Gasteiger partial charge is 0.283 e. The summed E-state index contributed by atoms with van der Waals surface area (Å²) in [7, 11) is 0. The van der Waals surface area contributed by atoms with Gasteiger partial charge in [-0.25, -0.2) is 0 Å². The van der Waals surface area contributed by atoms with E-state index in [1.54, 1.807) is 17.8 Å². The van der Waals surface area contributed by atoms with Crippen molar-refractivity contribution in [2.24, 2.45) is 0 Å². The van der Waals surface area contributed by atoms with Crippen LogP contribution in [0.3, 0.4) is 0 Å². The van der Waals surface area contributed by atoms with E-state index in [0.29, 0.717) is 13.2 Å². The second-order valence-corrected chi connectivity index (χ2v) is 6.67. The van der Waals surface area contributed by atoms with Crippen LogP contribution in [0.2, 0.25) is 0 Å². The van der Waals surface area contributed by atoms with E-state index >= 15 is 0 Å². The molecule has 0 aliphatic carbocycles. The van der Waals surface area contributed by atoms with Gasteiger partial charge in [0.25, 0.3) is 5.56 Å². The lowest BCUT2D eigenvalue weighted by Gasteiger charge is -2.20. The number of pyridine rings is 1. The molecule has 1 saturated heterocycles. The zero-order chi connectivity index (χ0) is 15.4. The lowest BCUT2D eigenvalue weighted by atomic mass is 10.2. The minimum atomic E-state index is -0.161. The van der Waals surface area contributed by atoms with Crippen LogP contribution < -0.4 is 10.4 Å². The van der Waals surface area contributed by atoms with Crippen LogP contribution in [0.25, 0.3) is 0 Å². The second kappa shape index (κ2) is 6.98. The Labute approximate surface area is 138 Å². The molecule has 0 saturated carbocycles. The first kappa shape index (κ1) is 15.1. The highest BCUT2D eigenvalue weighted by atomic mass is 32.2. The molecule has 0 N–H and O–H groups in total. The highest BCUT2D eigenvalue weighted by molar-refractivity contribution is 8.23. The van der Waals surface area contributed by atoms with Crippen molar-refractivity contribution in [1.29, 1.82) is 0 Å². The monoisotopic (exact) mass is 332 g/mol. The van der Waals surface area contributed by atoms with Crippen molar-refractivity contribution >= 4 is 28.3 Å². The van der Waals surface area contributed by atoms with Crippen molar-refractivity contribution in [3.63, 3.8) is 0 Å². The molecule has 114 valence electrons. The number of thiocarbonyl (C=S) groups is 1.